The Bertz CT molecular complexity index is 1020. The van der Waals surface area contributed by atoms with Gasteiger partial charge in [-0.3, -0.25) is 33.0 Å². The van der Waals surface area contributed by atoms with Gasteiger partial charge in [-0.2, -0.15) is 0 Å². The first-order chi connectivity index (χ1) is 19.5. The molecule has 10 atom stereocenters. The van der Waals surface area contributed by atoms with E-state index in [-0.39, 0.29) is 0 Å². The van der Waals surface area contributed by atoms with E-state index in [1.54, 1.807) is 0 Å². The minimum Gasteiger partial charge on any atom is -0.394 e. The van der Waals surface area contributed by atoms with Gasteiger partial charge in [-0.25, -0.2) is 4.57 Å². The molecule has 42 heavy (non-hydrogen) atoms. The molecule has 13 N–H and O–H groups in total. The molecule has 1 aliphatic rings. The van der Waals surface area contributed by atoms with Gasteiger partial charge in [0.15, 0.2) is 6.29 Å². The number of amides is 5. The van der Waals surface area contributed by atoms with E-state index in [9.17, 15) is 64.1 Å². The molecule has 1 saturated heterocycles. The highest BCUT2D eigenvalue weighted by molar-refractivity contribution is 7.47. The van der Waals surface area contributed by atoms with Crippen LogP contribution in [0, 0.1) is 0 Å². The van der Waals surface area contributed by atoms with Crippen molar-refractivity contribution in [2.75, 3.05) is 26.4 Å². The molecule has 1 unspecified atom stereocenters. The molecule has 22 heteroatoms. The zero-order chi connectivity index (χ0) is 32.4. The number of aliphatic hydroxyl groups excluding tert-OH is 6. The van der Waals surface area contributed by atoms with E-state index in [1.165, 1.54) is 0 Å². The van der Waals surface area contributed by atoms with Crippen molar-refractivity contribution in [3.8, 4) is 0 Å². The SMILES string of the molecule is CC(=O)N[C@@H](CO)C(=O)N[C@@H](CO)C(=O)N[C@@H](COP(=O)(O)O[C@H]1O[C@H](CO)[C@@H](O)[C@H](O)[C@@H]1O)C(=O)N[C@@H](C)C(N)=O. The van der Waals surface area contributed by atoms with Crippen LogP contribution in [0.4, 0.5) is 0 Å². The summed E-state index contributed by atoms with van der Waals surface area (Å²) in [5.74, 6) is -5.30. The highest BCUT2D eigenvalue weighted by Gasteiger charge is 2.47. The Balaban J connectivity index is 3.05. The lowest BCUT2D eigenvalue weighted by Crippen LogP contribution is -2.60. The number of carbonyl (C=O) groups excluding carboxylic acids is 5. The third-order valence-corrected chi connectivity index (χ3v) is 6.55. The Kier molecular flexibility index (Phi) is 14.8. The molecule has 0 bridgehead atoms. The minimum absolute atomic E-state index is 0.703. The average molecular weight is 634 g/mol. The predicted octanol–water partition coefficient (Wildman–Crippen LogP) is -7.63. The molecule has 1 fully saturated rings. The van der Waals surface area contributed by atoms with Gasteiger partial charge in [0.25, 0.3) is 0 Å². The monoisotopic (exact) mass is 633 g/mol. The molecule has 0 aliphatic carbocycles. The van der Waals surface area contributed by atoms with Gasteiger partial charge in [-0.15, -0.1) is 0 Å². The van der Waals surface area contributed by atoms with Crippen LogP contribution in [0.2, 0.25) is 0 Å². The number of primary amides is 1. The van der Waals surface area contributed by atoms with Crippen molar-refractivity contribution < 1.29 is 77.9 Å². The van der Waals surface area contributed by atoms with E-state index < -0.39 is 119 Å². The van der Waals surface area contributed by atoms with Crippen LogP contribution in [-0.2, 0) is 42.3 Å². The van der Waals surface area contributed by atoms with E-state index in [1.807, 2.05) is 10.6 Å². The van der Waals surface area contributed by atoms with Crippen LogP contribution < -0.4 is 27.0 Å². The Labute approximate surface area is 237 Å². The summed E-state index contributed by atoms with van der Waals surface area (Å²) in [6.07, 6.45) is -9.52. The summed E-state index contributed by atoms with van der Waals surface area (Å²) in [6.45, 7) is -1.82. The van der Waals surface area contributed by atoms with Crippen molar-refractivity contribution in [3.63, 3.8) is 0 Å². The fourth-order valence-corrected chi connectivity index (χ4v) is 4.07. The summed E-state index contributed by atoms with van der Waals surface area (Å²) < 4.78 is 26.8. The summed E-state index contributed by atoms with van der Waals surface area (Å²) in [5, 5.41) is 65.9. The lowest BCUT2D eigenvalue weighted by molar-refractivity contribution is -0.281. The highest BCUT2D eigenvalue weighted by Crippen LogP contribution is 2.46. The number of phosphoric ester groups is 1. The molecule has 1 rings (SSSR count). The number of aliphatic hydroxyl groups is 6. The van der Waals surface area contributed by atoms with Crippen LogP contribution in [0.25, 0.3) is 0 Å². The van der Waals surface area contributed by atoms with Crippen molar-refractivity contribution >= 4 is 37.4 Å². The quantitative estimate of drug-likeness (QED) is 0.0702. The van der Waals surface area contributed by atoms with Gasteiger partial charge in [0.05, 0.1) is 26.4 Å². The number of rotatable bonds is 16. The number of carbonyl (C=O) groups is 5. The number of hydrogen-bond donors (Lipinski definition) is 12. The second-order valence-corrected chi connectivity index (χ2v) is 10.3. The van der Waals surface area contributed by atoms with Gasteiger partial charge >= 0.3 is 7.82 Å². The Hall–Kier alpha value is -2.82. The first-order valence-corrected chi connectivity index (χ1v) is 13.6. The van der Waals surface area contributed by atoms with Gasteiger partial charge in [-0.05, 0) is 6.92 Å². The summed E-state index contributed by atoms with van der Waals surface area (Å²) in [5.41, 5.74) is 5.09. The molecule has 0 radical (unpaired) electrons. The summed E-state index contributed by atoms with van der Waals surface area (Å²) in [7, 11) is -5.33. The molecule has 0 saturated carbocycles. The average Bonchev–Trinajstić information content (AvgIpc) is 2.92. The maximum atomic E-state index is 12.7. The lowest BCUT2D eigenvalue weighted by Gasteiger charge is -2.39. The van der Waals surface area contributed by atoms with Gasteiger partial charge < -0.3 is 67.3 Å². The molecular formula is C20H36N5O16P. The third-order valence-electron chi connectivity index (χ3n) is 5.60. The topological polar surface area (TPSA) is 346 Å². The van der Waals surface area contributed by atoms with Crippen molar-refractivity contribution in [1.29, 1.82) is 0 Å². The summed E-state index contributed by atoms with van der Waals surface area (Å²) in [6, 6.07) is -6.56. The van der Waals surface area contributed by atoms with E-state index in [2.05, 4.69) is 15.2 Å². The molecule has 1 heterocycles. The third kappa shape index (κ3) is 11.1. The Morgan fingerprint density at radius 2 is 1.36 bits per heavy atom. The van der Waals surface area contributed by atoms with Crippen LogP contribution in [0.15, 0.2) is 0 Å². The van der Waals surface area contributed by atoms with Crippen LogP contribution in [0.3, 0.4) is 0 Å². The smallest absolute Gasteiger partial charge is 0.394 e. The van der Waals surface area contributed by atoms with Crippen molar-refractivity contribution in [1.82, 2.24) is 21.3 Å². The maximum Gasteiger partial charge on any atom is 0.474 e. The fourth-order valence-electron chi connectivity index (χ4n) is 3.23. The van der Waals surface area contributed by atoms with Crippen molar-refractivity contribution in [2.45, 2.75) is 68.7 Å². The van der Waals surface area contributed by atoms with Crippen molar-refractivity contribution in [2.24, 2.45) is 5.73 Å². The van der Waals surface area contributed by atoms with Gasteiger partial charge in [-0.1, -0.05) is 0 Å². The van der Waals surface area contributed by atoms with E-state index in [0.717, 1.165) is 13.8 Å². The van der Waals surface area contributed by atoms with E-state index in [0.29, 0.717) is 0 Å². The largest absolute Gasteiger partial charge is 0.474 e. The Morgan fingerprint density at radius 3 is 1.83 bits per heavy atom. The summed E-state index contributed by atoms with van der Waals surface area (Å²) >= 11 is 0. The molecule has 0 aromatic carbocycles. The number of nitrogens with two attached hydrogens (primary N) is 1. The van der Waals surface area contributed by atoms with E-state index >= 15 is 0 Å². The molecular weight excluding hydrogens is 597 g/mol. The molecule has 0 aromatic rings. The number of phosphoric acid groups is 1. The van der Waals surface area contributed by atoms with E-state index in [4.69, 9.17) is 15.0 Å². The summed E-state index contributed by atoms with van der Waals surface area (Å²) in [4.78, 5) is 70.4. The standard InChI is InChI=1S/C20H36N5O16P/c1-7(16(21)33)22-19(36)11(25-18(35)10(4-27)24-17(34)9(3-26)23-8(2)29)6-39-42(37,38)41-20-15(32)14(31)13(30)12(5-28)40-20/h7,9-15,20,26-28,30-32H,3-6H2,1-2H3,(H2,21,33)(H,22,36)(H,23,29)(H,24,34)(H,25,35)(H,37,38)/t7-,9-,10-,11-,12+,13+,14-,15-,20+/m0/s1. The second kappa shape index (κ2) is 16.7. The first-order valence-electron chi connectivity index (χ1n) is 12.1. The first kappa shape index (κ1) is 37.2. The van der Waals surface area contributed by atoms with Crippen molar-refractivity contribution in [3.05, 3.63) is 0 Å². The normalized spacial score (nSPS) is 26.5. The fraction of sp³-hybridized carbons (Fsp3) is 0.750. The van der Waals surface area contributed by atoms with Crippen LogP contribution in [0.5, 0.6) is 0 Å². The maximum absolute atomic E-state index is 12.7. The minimum atomic E-state index is -5.33. The highest BCUT2D eigenvalue weighted by atomic mass is 31.2. The lowest BCUT2D eigenvalue weighted by atomic mass is 10.00. The molecule has 21 nitrogen and oxygen atoms in total. The molecule has 0 spiro atoms. The zero-order valence-corrected chi connectivity index (χ0v) is 23.2. The van der Waals surface area contributed by atoms with Gasteiger partial charge in [0, 0.05) is 6.92 Å². The number of ether oxygens (including phenoxy) is 1. The molecule has 0 aromatic heterocycles. The van der Waals surface area contributed by atoms with Gasteiger partial charge in [0.2, 0.25) is 29.5 Å². The van der Waals surface area contributed by atoms with Crippen LogP contribution >= 0.6 is 7.82 Å². The van der Waals surface area contributed by atoms with Crippen LogP contribution in [-0.4, -0.2) is 146 Å². The zero-order valence-electron chi connectivity index (χ0n) is 22.4. The predicted molar refractivity (Wildman–Crippen MR) is 133 cm³/mol. The Morgan fingerprint density at radius 1 is 0.857 bits per heavy atom. The van der Waals surface area contributed by atoms with Crippen LogP contribution in [0.1, 0.15) is 13.8 Å². The molecule has 5 amide bonds. The second-order valence-electron chi connectivity index (χ2n) is 8.94. The number of nitrogens with one attached hydrogen (secondary N) is 4. The van der Waals surface area contributed by atoms with Gasteiger partial charge in [0.1, 0.15) is 48.6 Å². The number of hydrogen-bond acceptors (Lipinski definition) is 15. The molecule has 1 aliphatic heterocycles. The molecule has 242 valence electrons.